The summed E-state index contributed by atoms with van der Waals surface area (Å²) in [6.45, 7) is 9.21. The van der Waals surface area contributed by atoms with Crippen LogP contribution < -0.4 is 9.80 Å². The van der Waals surface area contributed by atoms with Crippen molar-refractivity contribution in [2.75, 3.05) is 49.1 Å². The van der Waals surface area contributed by atoms with Gasteiger partial charge in [-0.05, 0) is 56.5 Å². The highest BCUT2D eigenvalue weighted by Crippen LogP contribution is 2.28. The van der Waals surface area contributed by atoms with Crippen LogP contribution in [0.15, 0.2) is 29.4 Å². The van der Waals surface area contributed by atoms with E-state index in [-0.39, 0.29) is 17.9 Å². The summed E-state index contributed by atoms with van der Waals surface area (Å²) in [7, 11) is 0. The van der Waals surface area contributed by atoms with Crippen LogP contribution in [0.4, 0.5) is 16.2 Å². The molecule has 3 rings (SSSR count). The molecule has 0 N–H and O–H groups in total. The van der Waals surface area contributed by atoms with Crippen LogP contribution in [-0.2, 0) is 9.53 Å². The molecule has 29 heavy (non-hydrogen) atoms. The van der Waals surface area contributed by atoms with Crippen molar-refractivity contribution in [1.82, 2.24) is 4.90 Å². The standard InChI is InChI=1S/C20H28N6O3/c1-20(2,3)29-19(28)25-10-8-24(9-11-25)16-4-6-17(7-5-16)26-14-15(12-18(26)27)13-22-23-21/h4-7,15H,8-14H2,1-3H3. The molecule has 2 saturated heterocycles. The lowest BCUT2D eigenvalue weighted by molar-refractivity contribution is -0.117. The normalized spacial score (nSPS) is 19.9. The van der Waals surface area contributed by atoms with E-state index in [4.69, 9.17) is 10.3 Å². The molecular weight excluding hydrogens is 372 g/mol. The van der Waals surface area contributed by atoms with Crippen LogP contribution in [0.1, 0.15) is 27.2 Å². The third-order valence-electron chi connectivity index (χ3n) is 5.07. The first kappa shape index (κ1) is 20.8. The van der Waals surface area contributed by atoms with E-state index in [1.54, 1.807) is 9.80 Å². The quantitative estimate of drug-likeness (QED) is 0.439. The average molecular weight is 400 g/mol. The summed E-state index contributed by atoms with van der Waals surface area (Å²) in [5, 5.41) is 3.59. The Morgan fingerprint density at radius 2 is 1.79 bits per heavy atom. The van der Waals surface area contributed by atoms with E-state index >= 15 is 0 Å². The van der Waals surface area contributed by atoms with Crippen molar-refractivity contribution in [3.63, 3.8) is 0 Å². The average Bonchev–Trinajstić information content (AvgIpc) is 3.06. The van der Waals surface area contributed by atoms with Gasteiger partial charge in [0, 0.05) is 62.0 Å². The Morgan fingerprint density at radius 3 is 2.38 bits per heavy atom. The molecule has 0 bridgehead atoms. The molecule has 1 aromatic rings. The van der Waals surface area contributed by atoms with Crippen molar-refractivity contribution in [2.24, 2.45) is 11.0 Å². The van der Waals surface area contributed by atoms with Crippen molar-refractivity contribution >= 4 is 23.4 Å². The van der Waals surface area contributed by atoms with Gasteiger partial charge in [-0.15, -0.1) is 0 Å². The zero-order valence-corrected chi connectivity index (χ0v) is 17.2. The highest BCUT2D eigenvalue weighted by molar-refractivity contribution is 5.95. The molecule has 1 aromatic carbocycles. The molecule has 2 heterocycles. The van der Waals surface area contributed by atoms with Gasteiger partial charge < -0.3 is 19.4 Å². The fourth-order valence-corrected chi connectivity index (χ4v) is 3.62. The van der Waals surface area contributed by atoms with Gasteiger partial charge in [0.1, 0.15) is 5.60 Å². The van der Waals surface area contributed by atoms with E-state index in [2.05, 4.69) is 14.9 Å². The molecule has 0 aliphatic carbocycles. The SMILES string of the molecule is CC(C)(C)OC(=O)N1CCN(c2ccc(N3CC(CN=[N+]=[N-])CC3=O)cc2)CC1. The Morgan fingerprint density at radius 1 is 1.17 bits per heavy atom. The van der Waals surface area contributed by atoms with Crippen LogP contribution in [0.2, 0.25) is 0 Å². The smallest absolute Gasteiger partial charge is 0.410 e. The van der Waals surface area contributed by atoms with Gasteiger partial charge in [-0.2, -0.15) is 0 Å². The van der Waals surface area contributed by atoms with Crippen LogP contribution in [0, 0.1) is 5.92 Å². The summed E-state index contributed by atoms with van der Waals surface area (Å²) in [5.74, 6) is 0.126. The third-order valence-corrected chi connectivity index (χ3v) is 5.07. The second kappa shape index (κ2) is 8.61. The molecule has 2 amide bonds. The molecule has 156 valence electrons. The van der Waals surface area contributed by atoms with Gasteiger partial charge in [0.05, 0.1) is 0 Å². The maximum Gasteiger partial charge on any atom is 0.410 e. The van der Waals surface area contributed by atoms with Crippen molar-refractivity contribution in [3.05, 3.63) is 34.7 Å². The van der Waals surface area contributed by atoms with Crippen LogP contribution >= 0.6 is 0 Å². The van der Waals surface area contributed by atoms with Gasteiger partial charge in [-0.3, -0.25) is 4.79 Å². The molecular formula is C20H28N6O3. The number of nitrogens with zero attached hydrogens (tertiary/aromatic N) is 6. The minimum absolute atomic E-state index is 0.0573. The topological polar surface area (TPSA) is 102 Å². The first-order valence-corrected chi connectivity index (χ1v) is 9.91. The molecule has 0 radical (unpaired) electrons. The lowest BCUT2D eigenvalue weighted by Gasteiger charge is -2.36. The molecule has 9 heteroatoms. The van der Waals surface area contributed by atoms with Gasteiger partial charge in [-0.1, -0.05) is 5.11 Å². The van der Waals surface area contributed by atoms with E-state index in [0.717, 1.165) is 24.5 Å². The van der Waals surface area contributed by atoms with Crippen LogP contribution in [0.3, 0.4) is 0 Å². The van der Waals surface area contributed by atoms with Crippen LogP contribution in [0.5, 0.6) is 0 Å². The second-order valence-corrected chi connectivity index (χ2v) is 8.46. The number of rotatable bonds is 4. The number of azide groups is 1. The summed E-state index contributed by atoms with van der Waals surface area (Å²) in [6.07, 6.45) is 0.142. The number of hydrogen-bond acceptors (Lipinski definition) is 5. The summed E-state index contributed by atoms with van der Waals surface area (Å²) < 4.78 is 5.44. The number of benzene rings is 1. The Bertz CT molecular complexity index is 789. The predicted molar refractivity (Wildman–Crippen MR) is 111 cm³/mol. The summed E-state index contributed by atoms with van der Waals surface area (Å²) >= 11 is 0. The van der Waals surface area contributed by atoms with Gasteiger partial charge in [-0.25, -0.2) is 4.79 Å². The molecule has 9 nitrogen and oxygen atoms in total. The Labute approximate surface area is 170 Å². The van der Waals surface area contributed by atoms with Crippen LogP contribution in [0.25, 0.3) is 10.4 Å². The zero-order chi connectivity index (χ0) is 21.0. The van der Waals surface area contributed by atoms with Crippen molar-refractivity contribution in [2.45, 2.75) is 32.8 Å². The van der Waals surface area contributed by atoms with Crippen molar-refractivity contribution in [3.8, 4) is 0 Å². The number of anilines is 2. The van der Waals surface area contributed by atoms with E-state index < -0.39 is 5.60 Å². The number of ether oxygens (including phenoxy) is 1. The number of carbonyl (C=O) groups is 2. The molecule has 0 aromatic heterocycles. The van der Waals surface area contributed by atoms with E-state index in [0.29, 0.717) is 32.6 Å². The van der Waals surface area contributed by atoms with Gasteiger partial charge >= 0.3 is 6.09 Å². The van der Waals surface area contributed by atoms with Gasteiger partial charge in [0.25, 0.3) is 0 Å². The van der Waals surface area contributed by atoms with E-state index in [1.807, 2.05) is 45.0 Å². The monoisotopic (exact) mass is 400 g/mol. The third kappa shape index (κ3) is 5.32. The number of carbonyl (C=O) groups excluding carboxylic acids is 2. The summed E-state index contributed by atoms with van der Waals surface area (Å²) in [6, 6.07) is 7.91. The predicted octanol–water partition coefficient (Wildman–Crippen LogP) is 3.41. The van der Waals surface area contributed by atoms with Gasteiger partial charge in [0.15, 0.2) is 0 Å². The largest absolute Gasteiger partial charge is 0.444 e. The number of amides is 2. The minimum atomic E-state index is -0.489. The Hall–Kier alpha value is -2.93. The van der Waals surface area contributed by atoms with Crippen LogP contribution in [-0.4, -0.2) is 61.8 Å². The second-order valence-electron chi connectivity index (χ2n) is 8.46. The molecule has 1 atom stereocenters. The lowest BCUT2D eigenvalue weighted by atomic mass is 10.1. The number of hydrogen-bond donors (Lipinski definition) is 0. The molecule has 0 saturated carbocycles. The Kier molecular flexibility index (Phi) is 6.17. The minimum Gasteiger partial charge on any atom is -0.444 e. The Balaban J connectivity index is 1.55. The van der Waals surface area contributed by atoms with Crippen molar-refractivity contribution in [1.29, 1.82) is 0 Å². The van der Waals surface area contributed by atoms with Crippen molar-refractivity contribution < 1.29 is 14.3 Å². The molecule has 1 unspecified atom stereocenters. The van der Waals surface area contributed by atoms with E-state index in [9.17, 15) is 9.59 Å². The highest BCUT2D eigenvalue weighted by atomic mass is 16.6. The number of piperazine rings is 1. The molecule has 2 aliphatic heterocycles. The first-order valence-electron chi connectivity index (χ1n) is 9.91. The lowest BCUT2D eigenvalue weighted by Crippen LogP contribution is -2.50. The maximum absolute atomic E-state index is 12.3. The molecule has 0 spiro atoms. The maximum atomic E-state index is 12.3. The highest BCUT2D eigenvalue weighted by Gasteiger charge is 2.30. The summed E-state index contributed by atoms with van der Waals surface area (Å²) in [5.41, 5.74) is 9.88. The first-order chi connectivity index (χ1) is 13.8. The molecule has 2 fully saturated rings. The van der Waals surface area contributed by atoms with Gasteiger partial charge in [0.2, 0.25) is 5.91 Å². The van der Waals surface area contributed by atoms with E-state index in [1.165, 1.54) is 0 Å². The fourth-order valence-electron chi connectivity index (χ4n) is 3.62. The zero-order valence-electron chi connectivity index (χ0n) is 17.2. The summed E-state index contributed by atoms with van der Waals surface area (Å²) in [4.78, 5) is 32.9. The fraction of sp³-hybridized carbons (Fsp3) is 0.600. The molecule has 2 aliphatic rings.